The van der Waals surface area contributed by atoms with Gasteiger partial charge in [-0.05, 0) is 57.3 Å². The van der Waals surface area contributed by atoms with Gasteiger partial charge in [-0.25, -0.2) is 0 Å². The van der Waals surface area contributed by atoms with Crippen molar-refractivity contribution in [3.8, 4) is 0 Å². The van der Waals surface area contributed by atoms with Gasteiger partial charge >= 0.3 is 0 Å². The van der Waals surface area contributed by atoms with Gasteiger partial charge in [-0.2, -0.15) is 0 Å². The van der Waals surface area contributed by atoms with Crippen LogP contribution in [0.15, 0.2) is 0 Å². The molecule has 2 aliphatic heterocycles. The Morgan fingerprint density at radius 3 is 1.92 bits per heavy atom. The zero-order valence-electron chi connectivity index (χ0n) is 14.9. The van der Waals surface area contributed by atoms with Crippen LogP contribution in [0.4, 0.5) is 0 Å². The van der Waals surface area contributed by atoms with Gasteiger partial charge in [-0.1, -0.05) is 0 Å². The number of amides is 3. The lowest BCUT2D eigenvalue weighted by Gasteiger charge is -2.37. The van der Waals surface area contributed by atoms with Crippen molar-refractivity contribution in [3.05, 3.63) is 0 Å². The van der Waals surface area contributed by atoms with Crippen molar-refractivity contribution in [1.82, 2.24) is 15.1 Å². The molecule has 3 amide bonds. The summed E-state index contributed by atoms with van der Waals surface area (Å²) in [7, 11) is 0. The van der Waals surface area contributed by atoms with E-state index < -0.39 is 6.04 Å². The van der Waals surface area contributed by atoms with Crippen LogP contribution in [0, 0.1) is 17.8 Å². The summed E-state index contributed by atoms with van der Waals surface area (Å²) in [6, 6.07) is -0.399. The lowest BCUT2D eigenvalue weighted by atomic mass is 9.88. The summed E-state index contributed by atoms with van der Waals surface area (Å²) >= 11 is 0. The fourth-order valence-corrected chi connectivity index (χ4v) is 4.17. The SMILES string of the molecule is O=C(NC(C(=O)N1CCCC1)C1CCN(C(=O)C2CC2)CC1)C1CC1. The fourth-order valence-electron chi connectivity index (χ4n) is 4.17. The predicted molar refractivity (Wildman–Crippen MR) is 92.5 cm³/mol. The first-order chi connectivity index (χ1) is 12.1. The number of likely N-dealkylation sites (tertiary alicyclic amines) is 2. The molecule has 0 radical (unpaired) electrons. The van der Waals surface area contributed by atoms with Gasteiger partial charge in [0.25, 0.3) is 0 Å². The second-order valence-electron chi connectivity index (χ2n) is 8.23. The van der Waals surface area contributed by atoms with Gasteiger partial charge in [-0.15, -0.1) is 0 Å². The van der Waals surface area contributed by atoms with E-state index in [2.05, 4.69) is 5.32 Å². The Labute approximate surface area is 149 Å². The van der Waals surface area contributed by atoms with E-state index in [1.165, 1.54) is 0 Å². The highest BCUT2D eigenvalue weighted by molar-refractivity contribution is 5.89. The van der Waals surface area contributed by atoms with Crippen molar-refractivity contribution in [2.24, 2.45) is 17.8 Å². The molecule has 4 fully saturated rings. The average Bonchev–Trinajstić information content (AvgIpc) is 3.56. The van der Waals surface area contributed by atoms with Gasteiger partial charge < -0.3 is 15.1 Å². The Morgan fingerprint density at radius 2 is 1.36 bits per heavy atom. The Morgan fingerprint density at radius 1 is 0.760 bits per heavy atom. The summed E-state index contributed by atoms with van der Waals surface area (Å²) < 4.78 is 0. The summed E-state index contributed by atoms with van der Waals surface area (Å²) in [6.07, 6.45) is 7.71. The van der Waals surface area contributed by atoms with Crippen LogP contribution in [0.25, 0.3) is 0 Å². The van der Waals surface area contributed by atoms with Crippen LogP contribution in [0.5, 0.6) is 0 Å². The van der Waals surface area contributed by atoms with E-state index in [0.29, 0.717) is 5.91 Å². The zero-order valence-corrected chi connectivity index (χ0v) is 14.9. The van der Waals surface area contributed by atoms with Gasteiger partial charge in [0.1, 0.15) is 6.04 Å². The first-order valence-electron chi connectivity index (χ1n) is 10.0. The molecule has 2 saturated heterocycles. The topological polar surface area (TPSA) is 69.7 Å². The van der Waals surface area contributed by atoms with Gasteiger partial charge in [-0.3, -0.25) is 14.4 Å². The Bertz CT molecular complexity index is 542. The molecular weight excluding hydrogens is 318 g/mol. The minimum atomic E-state index is -0.399. The van der Waals surface area contributed by atoms with Crippen molar-refractivity contribution < 1.29 is 14.4 Å². The maximum atomic E-state index is 13.0. The second kappa shape index (κ2) is 6.96. The van der Waals surface area contributed by atoms with Crippen LogP contribution < -0.4 is 5.32 Å². The number of hydrogen-bond acceptors (Lipinski definition) is 3. The van der Waals surface area contributed by atoms with Crippen LogP contribution in [0.1, 0.15) is 51.4 Å². The number of nitrogens with one attached hydrogen (secondary N) is 1. The molecule has 1 unspecified atom stereocenters. The molecule has 2 saturated carbocycles. The van der Waals surface area contributed by atoms with Gasteiger partial charge in [0, 0.05) is 38.0 Å². The van der Waals surface area contributed by atoms with E-state index >= 15 is 0 Å². The van der Waals surface area contributed by atoms with E-state index in [4.69, 9.17) is 0 Å². The Balaban J connectivity index is 1.39. The smallest absolute Gasteiger partial charge is 0.245 e. The third-order valence-corrected chi connectivity index (χ3v) is 6.18. The van der Waals surface area contributed by atoms with E-state index in [1.807, 2.05) is 9.80 Å². The highest BCUT2D eigenvalue weighted by Gasteiger charge is 2.41. The summed E-state index contributed by atoms with van der Waals surface area (Å²) in [5.41, 5.74) is 0. The highest BCUT2D eigenvalue weighted by atomic mass is 16.2. The number of carbonyl (C=O) groups excluding carboxylic acids is 3. The fraction of sp³-hybridized carbons (Fsp3) is 0.842. The number of hydrogen-bond donors (Lipinski definition) is 1. The maximum Gasteiger partial charge on any atom is 0.245 e. The molecule has 0 aromatic rings. The lowest BCUT2D eigenvalue weighted by Crippen LogP contribution is -2.54. The molecule has 25 heavy (non-hydrogen) atoms. The standard InChI is InChI=1S/C19H29N3O3/c23-17(14-3-4-14)20-16(19(25)21-9-1-2-10-21)13-7-11-22(12-8-13)18(24)15-5-6-15/h13-16H,1-12H2,(H,20,23). The van der Waals surface area contributed by atoms with Crippen molar-refractivity contribution in [2.75, 3.05) is 26.2 Å². The van der Waals surface area contributed by atoms with Crippen LogP contribution >= 0.6 is 0 Å². The van der Waals surface area contributed by atoms with Crippen molar-refractivity contribution in [3.63, 3.8) is 0 Å². The molecule has 138 valence electrons. The van der Waals surface area contributed by atoms with Crippen molar-refractivity contribution in [1.29, 1.82) is 0 Å². The zero-order chi connectivity index (χ0) is 17.4. The summed E-state index contributed by atoms with van der Waals surface area (Å²) in [5.74, 6) is 0.966. The summed E-state index contributed by atoms with van der Waals surface area (Å²) in [6.45, 7) is 3.08. The lowest BCUT2D eigenvalue weighted by molar-refractivity contribution is -0.139. The molecule has 2 heterocycles. The van der Waals surface area contributed by atoms with E-state index in [9.17, 15) is 14.4 Å². The van der Waals surface area contributed by atoms with E-state index in [0.717, 1.165) is 77.5 Å². The number of rotatable bonds is 5. The molecule has 4 rings (SSSR count). The molecule has 0 aromatic carbocycles. The number of piperidine rings is 1. The van der Waals surface area contributed by atoms with Gasteiger partial charge in [0.15, 0.2) is 0 Å². The van der Waals surface area contributed by atoms with Gasteiger partial charge in [0.05, 0.1) is 0 Å². The van der Waals surface area contributed by atoms with E-state index in [1.54, 1.807) is 0 Å². The minimum Gasteiger partial charge on any atom is -0.344 e. The van der Waals surface area contributed by atoms with Crippen molar-refractivity contribution in [2.45, 2.75) is 57.4 Å². The molecule has 6 heteroatoms. The van der Waals surface area contributed by atoms with Gasteiger partial charge in [0.2, 0.25) is 17.7 Å². The third kappa shape index (κ3) is 3.82. The normalized spacial score (nSPS) is 25.8. The van der Waals surface area contributed by atoms with Crippen LogP contribution in [-0.2, 0) is 14.4 Å². The van der Waals surface area contributed by atoms with E-state index in [-0.39, 0.29) is 29.6 Å². The molecular formula is C19H29N3O3. The molecule has 6 nitrogen and oxygen atoms in total. The average molecular weight is 347 g/mol. The minimum absolute atomic E-state index is 0.0500. The molecule has 1 atom stereocenters. The number of carbonyl (C=O) groups is 3. The maximum absolute atomic E-state index is 13.0. The van der Waals surface area contributed by atoms with Crippen LogP contribution in [-0.4, -0.2) is 59.7 Å². The highest BCUT2D eigenvalue weighted by Crippen LogP contribution is 2.34. The Kier molecular flexibility index (Phi) is 4.69. The monoisotopic (exact) mass is 347 g/mol. The molecule has 4 aliphatic rings. The first kappa shape index (κ1) is 16.9. The quantitative estimate of drug-likeness (QED) is 0.811. The predicted octanol–water partition coefficient (Wildman–Crippen LogP) is 1.15. The molecule has 2 aliphatic carbocycles. The largest absolute Gasteiger partial charge is 0.344 e. The molecule has 0 aromatic heterocycles. The molecule has 0 bridgehead atoms. The first-order valence-corrected chi connectivity index (χ1v) is 10.0. The third-order valence-electron chi connectivity index (χ3n) is 6.18. The van der Waals surface area contributed by atoms with Crippen molar-refractivity contribution >= 4 is 17.7 Å². The molecule has 0 spiro atoms. The number of nitrogens with zero attached hydrogens (tertiary/aromatic N) is 2. The molecule has 1 N–H and O–H groups in total. The second-order valence-corrected chi connectivity index (χ2v) is 8.23. The summed E-state index contributed by atoms with van der Waals surface area (Å²) in [4.78, 5) is 41.4. The summed E-state index contributed by atoms with van der Waals surface area (Å²) in [5, 5.41) is 3.07. The van der Waals surface area contributed by atoms with Crippen LogP contribution in [0.3, 0.4) is 0 Å². The van der Waals surface area contributed by atoms with Crippen LogP contribution in [0.2, 0.25) is 0 Å². The Hall–Kier alpha value is -1.59.